The van der Waals surface area contributed by atoms with Crippen molar-refractivity contribution in [2.75, 3.05) is 14.1 Å². The van der Waals surface area contributed by atoms with Crippen LogP contribution in [0, 0.1) is 23.7 Å². The quantitative estimate of drug-likeness (QED) is 0.227. The van der Waals surface area contributed by atoms with Gasteiger partial charge in [0.2, 0.25) is 0 Å². The van der Waals surface area contributed by atoms with Gasteiger partial charge in [0.1, 0.15) is 0 Å². The van der Waals surface area contributed by atoms with Gasteiger partial charge in [0.05, 0.1) is 22.2 Å². The number of esters is 2. The Morgan fingerprint density at radius 2 is 0.917 bits per heavy atom. The van der Waals surface area contributed by atoms with Crippen molar-refractivity contribution in [1.82, 2.24) is 9.80 Å². The Kier molecular flexibility index (Phi) is 9.71. The van der Waals surface area contributed by atoms with Crippen LogP contribution < -0.4 is 0 Å². The molecule has 36 heavy (non-hydrogen) atoms. The molecule has 0 saturated heterocycles. The van der Waals surface area contributed by atoms with Crippen molar-refractivity contribution >= 4 is 11.9 Å². The van der Waals surface area contributed by atoms with E-state index in [4.69, 9.17) is 9.47 Å². The van der Waals surface area contributed by atoms with Crippen molar-refractivity contribution in [3.8, 4) is 23.7 Å². The molecule has 2 unspecified atom stereocenters. The maximum absolute atomic E-state index is 12.4. The molecular weight excluding hydrogens is 452 g/mol. The number of likely N-dealkylation sites (N-methyl/N-ethyl adjacent to an activating group) is 2. The summed E-state index contributed by atoms with van der Waals surface area (Å²) in [5.74, 6) is 12.4. The normalized spacial score (nSPS) is 25.6. The molecule has 0 N–H and O–H groups in total. The Morgan fingerprint density at radius 1 is 0.611 bits per heavy atom. The zero-order chi connectivity index (χ0) is 27.4. The lowest BCUT2D eigenvalue weighted by molar-refractivity contribution is -0.155. The van der Waals surface area contributed by atoms with Crippen LogP contribution in [0.2, 0.25) is 0 Å². The van der Waals surface area contributed by atoms with Crippen molar-refractivity contribution in [2.45, 2.75) is 141 Å². The third-order valence-electron chi connectivity index (χ3n) is 8.22. The molecule has 0 saturated carbocycles. The average molecular weight is 501 g/mol. The lowest BCUT2D eigenvalue weighted by Crippen LogP contribution is -2.61. The molecule has 0 aliphatic carbocycles. The SMILES string of the molecule is CN1C(C)(C)C#CC(OC(=O)CCCCCCCCC(=O)OC2C#CC(C)(C)N(C)C2(C)C)C1(C)C. The minimum absolute atomic E-state index is 0.180. The molecule has 0 radical (unpaired) electrons. The number of nitrogens with zero attached hydrogens (tertiary/aromatic N) is 2. The third-order valence-corrected chi connectivity index (χ3v) is 8.22. The maximum atomic E-state index is 12.4. The number of hydrogen-bond donors (Lipinski definition) is 0. The molecule has 2 rings (SSSR count). The second-order valence-electron chi connectivity index (χ2n) is 12.4. The van der Waals surface area contributed by atoms with E-state index in [0.717, 1.165) is 38.5 Å². The average Bonchev–Trinajstić information content (AvgIpc) is 2.77. The molecule has 0 spiro atoms. The fourth-order valence-electron chi connectivity index (χ4n) is 4.77. The predicted octanol–water partition coefficient (Wildman–Crippen LogP) is 4.94. The van der Waals surface area contributed by atoms with Gasteiger partial charge in [-0.05, 0) is 82.3 Å². The second-order valence-corrected chi connectivity index (χ2v) is 12.4. The molecule has 202 valence electrons. The van der Waals surface area contributed by atoms with Gasteiger partial charge in [0, 0.05) is 12.8 Å². The first-order valence-corrected chi connectivity index (χ1v) is 13.4. The number of carbonyl (C=O) groups excluding carboxylic acids is 2. The van der Waals surface area contributed by atoms with Crippen LogP contribution in [0.4, 0.5) is 0 Å². The topological polar surface area (TPSA) is 59.1 Å². The highest BCUT2D eigenvalue weighted by atomic mass is 16.5. The minimum Gasteiger partial charge on any atom is -0.447 e. The summed E-state index contributed by atoms with van der Waals surface area (Å²) < 4.78 is 11.4. The first-order chi connectivity index (χ1) is 16.5. The highest BCUT2D eigenvalue weighted by Gasteiger charge is 2.45. The van der Waals surface area contributed by atoms with E-state index in [2.05, 4.69) is 88.9 Å². The fourth-order valence-corrected chi connectivity index (χ4v) is 4.77. The van der Waals surface area contributed by atoms with Crippen LogP contribution in [-0.4, -0.2) is 70.2 Å². The van der Waals surface area contributed by atoms with E-state index in [-0.39, 0.29) is 34.1 Å². The van der Waals surface area contributed by atoms with Crippen LogP contribution in [0.3, 0.4) is 0 Å². The molecule has 2 heterocycles. The van der Waals surface area contributed by atoms with Gasteiger partial charge in [-0.1, -0.05) is 49.4 Å². The fraction of sp³-hybridized carbons (Fsp3) is 0.800. The molecule has 6 nitrogen and oxygen atoms in total. The van der Waals surface area contributed by atoms with Crippen LogP contribution in [0.15, 0.2) is 0 Å². The molecule has 0 amide bonds. The van der Waals surface area contributed by atoms with Gasteiger partial charge in [-0.2, -0.15) is 0 Å². The van der Waals surface area contributed by atoms with Crippen LogP contribution in [0.5, 0.6) is 0 Å². The summed E-state index contributed by atoms with van der Waals surface area (Å²) in [5, 5.41) is 0. The highest BCUT2D eigenvalue weighted by Crippen LogP contribution is 2.32. The highest BCUT2D eigenvalue weighted by molar-refractivity contribution is 5.70. The summed E-state index contributed by atoms with van der Waals surface area (Å²) >= 11 is 0. The van der Waals surface area contributed by atoms with E-state index in [9.17, 15) is 9.59 Å². The van der Waals surface area contributed by atoms with Gasteiger partial charge in [-0.15, -0.1) is 0 Å². The van der Waals surface area contributed by atoms with Crippen LogP contribution in [-0.2, 0) is 19.1 Å². The zero-order valence-electron chi connectivity index (χ0n) is 24.3. The lowest BCUT2D eigenvalue weighted by atomic mass is 9.85. The zero-order valence-corrected chi connectivity index (χ0v) is 24.3. The van der Waals surface area contributed by atoms with Gasteiger partial charge in [0.25, 0.3) is 0 Å². The summed E-state index contributed by atoms with van der Waals surface area (Å²) in [6.45, 7) is 16.6. The minimum atomic E-state index is -0.417. The summed E-state index contributed by atoms with van der Waals surface area (Å²) in [6, 6.07) is 0. The summed E-state index contributed by atoms with van der Waals surface area (Å²) in [4.78, 5) is 29.1. The molecular formula is C30H48N2O4. The smallest absolute Gasteiger partial charge is 0.307 e. The van der Waals surface area contributed by atoms with E-state index < -0.39 is 12.2 Å². The number of carbonyl (C=O) groups is 2. The van der Waals surface area contributed by atoms with Gasteiger partial charge >= 0.3 is 11.9 Å². The Balaban J connectivity index is 1.60. The van der Waals surface area contributed by atoms with E-state index >= 15 is 0 Å². The van der Waals surface area contributed by atoms with Crippen molar-refractivity contribution in [3.05, 3.63) is 0 Å². The second kappa shape index (κ2) is 11.6. The largest absolute Gasteiger partial charge is 0.447 e. The van der Waals surface area contributed by atoms with Gasteiger partial charge in [-0.25, -0.2) is 0 Å². The van der Waals surface area contributed by atoms with Crippen molar-refractivity contribution in [2.24, 2.45) is 0 Å². The van der Waals surface area contributed by atoms with Gasteiger partial charge in [-0.3, -0.25) is 19.4 Å². The van der Waals surface area contributed by atoms with Gasteiger partial charge < -0.3 is 9.47 Å². The summed E-state index contributed by atoms with van der Waals surface area (Å²) in [5.41, 5.74) is -1.15. The number of unbranched alkanes of at least 4 members (excludes halogenated alkanes) is 5. The monoisotopic (exact) mass is 500 g/mol. The molecule has 2 atom stereocenters. The van der Waals surface area contributed by atoms with Gasteiger partial charge in [0.15, 0.2) is 12.2 Å². The first-order valence-electron chi connectivity index (χ1n) is 13.4. The maximum Gasteiger partial charge on any atom is 0.307 e. The van der Waals surface area contributed by atoms with Crippen LogP contribution >= 0.6 is 0 Å². The molecule has 0 aromatic rings. The molecule has 0 aromatic carbocycles. The summed E-state index contributed by atoms with van der Waals surface area (Å²) in [7, 11) is 4.05. The lowest BCUT2D eigenvalue weighted by Gasteiger charge is -2.48. The van der Waals surface area contributed by atoms with E-state index in [1.165, 1.54) is 0 Å². The summed E-state index contributed by atoms with van der Waals surface area (Å²) in [6.07, 6.45) is 5.63. The molecule has 0 aromatic heterocycles. The number of hydrogen-bond acceptors (Lipinski definition) is 6. The first kappa shape index (κ1) is 30.2. The third kappa shape index (κ3) is 7.27. The Labute approximate surface area is 219 Å². The Bertz CT molecular complexity index is 850. The number of rotatable bonds is 11. The Hall–Kier alpha value is -2.02. The number of ether oxygens (including phenoxy) is 2. The molecule has 2 aliphatic heterocycles. The van der Waals surface area contributed by atoms with E-state index in [1.807, 2.05) is 14.1 Å². The molecule has 0 fully saturated rings. The van der Waals surface area contributed by atoms with E-state index in [0.29, 0.717) is 12.8 Å². The molecule has 2 aliphatic rings. The molecule has 0 bridgehead atoms. The van der Waals surface area contributed by atoms with Crippen LogP contribution in [0.25, 0.3) is 0 Å². The Morgan fingerprint density at radius 3 is 1.25 bits per heavy atom. The van der Waals surface area contributed by atoms with Crippen molar-refractivity contribution in [1.29, 1.82) is 0 Å². The predicted molar refractivity (Wildman–Crippen MR) is 144 cm³/mol. The van der Waals surface area contributed by atoms with Crippen LogP contribution in [0.1, 0.15) is 107 Å². The van der Waals surface area contributed by atoms with E-state index in [1.54, 1.807) is 0 Å². The molecule has 6 heteroatoms. The van der Waals surface area contributed by atoms with Crippen molar-refractivity contribution < 1.29 is 19.1 Å². The standard InChI is InChI=1S/C30H48N2O4/c1-27(2)21-19-23(29(5,6)31(27)9)35-25(33)17-15-13-11-12-14-16-18-26(34)36-24-20-22-28(3,4)32(10)30(24,7)8/h23-24H,11-18H2,1-10H3. The van der Waals surface area contributed by atoms with Crippen molar-refractivity contribution in [3.63, 3.8) is 0 Å².